The lowest BCUT2D eigenvalue weighted by molar-refractivity contribution is -0.114. The van der Waals surface area contributed by atoms with Crippen molar-refractivity contribution in [1.82, 2.24) is 4.90 Å². The van der Waals surface area contributed by atoms with E-state index >= 15 is 0 Å². The molecule has 4 aliphatic carbocycles. The molecule has 4 aliphatic rings. The molecule has 0 bridgehead atoms. The predicted octanol–water partition coefficient (Wildman–Crippen LogP) is 13.1. The summed E-state index contributed by atoms with van der Waals surface area (Å²) in [5.74, 6) is 5.84. The molecule has 0 radical (unpaired) electrons. The van der Waals surface area contributed by atoms with Crippen LogP contribution in [0.5, 0.6) is 0 Å². The summed E-state index contributed by atoms with van der Waals surface area (Å²) >= 11 is 0. The van der Waals surface area contributed by atoms with E-state index in [4.69, 9.17) is 13.1 Å². The van der Waals surface area contributed by atoms with Crippen LogP contribution in [0.2, 0.25) is 0 Å². The largest absolute Gasteiger partial charge is 0.396 e. The zero-order valence-corrected chi connectivity index (χ0v) is 37.3. The number of fused-ring (bicyclic) bond motifs is 5. The Labute approximate surface area is 332 Å². The van der Waals surface area contributed by atoms with Gasteiger partial charge in [0.2, 0.25) is 0 Å². The van der Waals surface area contributed by atoms with E-state index in [2.05, 4.69) is 52.0 Å². The number of unbranched alkanes of at least 4 members (excludes halogenated alkanes) is 8. The minimum absolute atomic E-state index is 0.143. The highest BCUT2D eigenvalue weighted by Gasteiger charge is 2.60. The van der Waals surface area contributed by atoms with E-state index in [1.54, 1.807) is 6.42 Å². The van der Waals surface area contributed by atoms with Gasteiger partial charge in [-0.25, -0.2) is 0 Å². The maximum absolute atomic E-state index is 9.48. The lowest BCUT2D eigenvalue weighted by atomic mass is 9.44. The Morgan fingerprint density at radius 2 is 1.40 bits per heavy atom. The number of aliphatic hydroxyl groups excluding tert-OH is 1. The van der Waals surface area contributed by atoms with Crippen LogP contribution in [-0.4, -0.2) is 68.3 Å². The number of aliphatic hydroxyl groups is 1. The van der Waals surface area contributed by atoms with Crippen LogP contribution in [0.25, 0.3) is 0 Å². The molecule has 8 unspecified atom stereocenters. The van der Waals surface area contributed by atoms with Crippen LogP contribution in [0.15, 0.2) is 0 Å². The van der Waals surface area contributed by atoms with Crippen LogP contribution < -0.4 is 0 Å². The normalized spacial score (nSPS) is 31.6. The lowest BCUT2D eigenvalue weighted by Gasteiger charge is -2.61. The molecule has 4 saturated carbocycles. The van der Waals surface area contributed by atoms with Crippen molar-refractivity contribution in [3.8, 4) is 0 Å². The fourth-order valence-corrected chi connectivity index (χ4v) is 13.8. The fraction of sp³-hybridized carbons (Fsp3) is 1.00. The van der Waals surface area contributed by atoms with Gasteiger partial charge >= 0.3 is 0 Å². The van der Waals surface area contributed by atoms with Gasteiger partial charge in [-0.2, -0.15) is 10.6 Å². The number of hydrogen-bond donors (Lipinski definition) is 1. The van der Waals surface area contributed by atoms with Crippen molar-refractivity contribution in [1.29, 1.82) is 0 Å². The zero-order valence-electron chi connectivity index (χ0n) is 36.5. The summed E-state index contributed by atoms with van der Waals surface area (Å²) < 4.78 is 18.8. The van der Waals surface area contributed by atoms with E-state index in [0.29, 0.717) is 17.4 Å². The molecule has 4 fully saturated rings. The van der Waals surface area contributed by atoms with E-state index in [-0.39, 0.29) is 6.29 Å². The first-order valence-electron chi connectivity index (χ1n) is 23.6. The number of rotatable bonds is 28. The second-order valence-corrected chi connectivity index (χ2v) is 22.2. The molecule has 0 aromatic carbocycles. The van der Waals surface area contributed by atoms with Gasteiger partial charge in [0.1, 0.15) is 0 Å². The third-order valence-corrected chi connectivity index (χ3v) is 16.9. The predicted molar refractivity (Wildman–Crippen MR) is 229 cm³/mol. The summed E-state index contributed by atoms with van der Waals surface area (Å²) in [5, 5.41) is 9.48. The molecular formula is C47H91NO4S. The van der Waals surface area contributed by atoms with Crippen LogP contribution >= 0.6 is 10.6 Å². The van der Waals surface area contributed by atoms with E-state index in [0.717, 1.165) is 87.4 Å². The summed E-state index contributed by atoms with van der Waals surface area (Å²) in [6.07, 6.45) is 37.2. The Balaban J connectivity index is 1.16. The van der Waals surface area contributed by atoms with E-state index in [9.17, 15) is 5.11 Å². The van der Waals surface area contributed by atoms with Crippen molar-refractivity contribution in [2.75, 3.05) is 52.0 Å². The molecule has 314 valence electrons. The standard InChI is InChI=1S/C47H91NO4S/c1-8-10-11-12-15-25-45(52-53(6,7)51-37-9-2)50-38-21-14-13-18-33-48(34-19-20-36-49)35-22-23-39(3)42-28-29-43-41-27-26-40-24-16-17-31-46(40,4)44(41)30-32-47(42,43)5/h39-45,49H,8-38H2,1-7H3/t39-,40?,41?,42?,43?,44?,45?,46?,47?/m1/s1. The van der Waals surface area contributed by atoms with Crippen LogP contribution in [0.3, 0.4) is 0 Å². The third-order valence-electron chi connectivity index (χ3n) is 15.5. The third kappa shape index (κ3) is 13.6. The van der Waals surface area contributed by atoms with Crippen molar-refractivity contribution in [3.63, 3.8) is 0 Å². The van der Waals surface area contributed by atoms with E-state index < -0.39 is 10.6 Å². The average Bonchev–Trinajstić information content (AvgIpc) is 3.50. The molecule has 53 heavy (non-hydrogen) atoms. The first-order chi connectivity index (χ1) is 25.6. The molecule has 0 aromatic heterocycles. The highest BCUT2D eigenvalue weighted by atomic mass is 32.3. The zero-order chi connectivity index (χ0) is 38.2. The van der Waals surface area contributed by atoms with Gasteiger partial charge in [0.25, 0.3) is 0 Å². The highest BCUT2D eigenvalue weighted by Crippen LogP contribution is 2.68. The van der Waals surface area contributed by atoms with Crippen LogP contribution in [0.4, 0.5) is 0 Å². The summed E-state index contributed by atoms with van der Waals surface area (Å²) in [5.41, 5.74) is 1.25. The number of ether oxygens (including phenoxy) is 1. The molecule has 0 saturated heterocycles. The minimum atomic E-state index is -1.54. The van der Waals surface area contributed by atoms with Crippen LogP contribution in [0, 0.1) is 46.3 Å². The van der Waals surface area contributed by atoms with Gasteiger partial charge < -0.3 is 14.7 Å². The summed E-state index contributed by atoms with van der Waals surface area (Å²) in [6.45, 7) is 18.0. The van der Waals surface area contributed by atoms with Crippen molar-refractivity contribution >= 4 is 10.6 Å². The van der Waals surface area contributed by atoms with Crippen molar-refractivity contribution in [3.05, 3.63) is 0 Å². The van der Waals surface area contributed by atoms with Gasteiger partial charge in [0.05, 0.1) is 6.61 Å². The summed E-state index contributed by atoms with van der Waals surface area (Å²) in [7, 11) is -1.54. The number of nitrogens with zero attached hydrogens (tertiary/aromatic N) is 1. The quantitative estimate of drug-likeness (QED) is 0.0635. The maximum atomic E-state index is 9.48. The molecule has 0 heterocycles. The molecule has 0 aliphatic heterocycles. The van der Waals surface area contributed by atoms with Gasteiger partial charge in [0.15, 0.2) is 6.29 Å². The van der Waals surface area contributed by atoms with E-state index in [1.807, 2.05) is 0 Å². The molecule has 0 amide bonds. The average molecular weight is 766 g/mol. The lowest BCUT2D eigenvalue weighted by Crippen LogP contribution is -2.53. The Kier molecular flexibility index (Phi) is 20.4. The van der Waals surface area contributed by atoms with Crippen molar-refractivity contribution in [2.45, 2.75) is 201 Å². The van der Waals surface area contributed by atoms with Gasteiger partial charge in [0, 0.05) is 32.1 Å². The molecule has 1 N–H and O–H groups in total. The SMILES string of the molecule is CCCCCCCC(OCCCCCCN(CCCCO)CCC[C@@H](C)C1CCC2C3CCC4CCCCC4(C)C3CCC21C)OS(C)(C)OCCC. The summed E-state index contributed by atoms with van der Waals surface area (Å²) in [4.78, 5) is 2.73. The Morgan fingerprint density at radius 1 is 0.679 bits per heavy atom. The molecule has 5 nitrogen and oxygen atoms in total. The van der Waals surface area contributed by atoms with Gasteiger partial charge in [-0.3, -0.25) is 8.37 Å². The maximum Gasteiger partial charge on any atom is 0.180 e. The second-order valence-electron chi connectivity index (χ2n) is 19.5. The molecular weight excluding hydrogens is 675 g/mol. The van der Waals surface area contributed by atoms with E-state index in [1.165, 1.54) is 135 Å². The molecule has 9 atom stereocenters. The fourth-order valence-electron chi connectivity index (χ4n) is 12.5. The monoisotopic (exact) mass is 766 g/mol. The Hall–Kier alpha value is 0.150. The first-order valence-corrected chi connectivity index (χ1v) is 25.9. The molecule has 6 heteroatoms. The molecule has 4 rings (SSSR count). The molecule has 0 spiro atoms. The van der Waals surface area contributed by atoms with Crippen LogP contribution in [-0.2, 0) is 13.1 Å². The smallest absolute Gasteiger partial charge is 0.180 e. The van der Waals surface area contributed by atoms with Gasteiger partial charge in [-0.15, -0.1) is 0 Å². The summed E-state index contributed by atoms with van der Waals surface area (Å²) in [6, 6.07) is 0. The van der Waals surface area contributed by atoms with Gasteiger partial charge in [-0.05, 0) is 169 Å². The van der Waals surface area contributed by atoms with Crippen LogP contribution in [0.1, 0.15) is 195 Å². The van der Waals surface area contributed by atoms with Gasteiger partial charge in [-0.1, -0.05) is 86.0 Å². The Bertz CT molecular complexity index is 980. The highest BCUT2D eigenvalue weighted by molar-refractivity contribution is 8.24. The van der Waals surface area contributed by atoms with Crippen molar-refractivity contribution in [2.24, 2.45) is 46.3 Å². The van der Waals surface area contributed by atoms with Crippen molar-refractivity contribution < 1.29 is 18.2 Å². The molecule has 0 aromatic rings. The Morgan fingerprint density at radius 3 is 2.17 bits per heavy atom. The second kappa shape index (κ2) is 23.5. The first kappa shape index (κ1) is 45.8. The number of hydrogen-bond acceptors (Lipinski definition) is 5. The minimum Gasteiger partial charge on any atom is -0.396 e. The topological polar surface area (TPSA) is 51.2 Å².